The minimum absolute atomic E-state index is 0.376. The summed E-state index contributed by atoms with van der Waals surface area (Å²) in [5.41, 5.74) is 12.5. The van der Waals surface area contributed by atoms with E-state index in [1.807, 2.05) is 0 Å². The van der Waals surface area contributed by atoms with Gasteiger partial charge in [-0.2, -0.15) is 5.10 Å². The molecule has 3 aromatic rings. The number of nitrogens with one attached hydrogen (secondary N) is 1. The molecule has 0 aliphatic heterocycles. The molecule has 154 valence electrons. The van der Waals surface area contributed by atoms with Gasteiger partial charge in [0.1, 0.15) is 10.8 Å². The SMILES string of the molecule is Nc1csc(NN=Cc2ccc(-c3nc(C45CC6CC(CC(C6)C4)C5)cs3)cc2)n1. The number of thiazole rings is 2. The quantitative estimate of drug-likeness (QED) is 0.394. The van der Waals surface area contributed by atoms with Gasteiger partial charge >= 0.3 is 0 Å². The second kappa shape index (κ2) is 7.17. The van der Waals surface area contributed by atoms with Gasteiger partial charge in [-0.1, -0.05) is 24.3 Å². The van der Waals surface area contributed by atoms with Crippen LogP contribution in [0.5, 0.6) is 0 Å². The van der Waals surface area contributed by atoms with Crippen LogP contribution in [0, 0.1) is 17.8 Å². The van der Waals surface area contributed by atoms with E-state index in [1.54, 1.807) is 22.9 Å². The summed E-state index contributed by atoms with van der Waals surface area (Å²) < 4.78 is 0. The summed E-state index contributed by atoms with van der Waals surface area (Å²) in [6, 6.07) is 8.46. The topological polar surface area (TPSA) is 76.2 Å². The molecule has 0 atom stereocenters. The third-order valence-corrected chi connectivity index (χ3v) is 8.80. The van der Waals surface area contributed by atoms with Gasteiger partial charge in [0.2, 0.25) is 5.13 Å². The predicted octanol–water partition coefficient (Wildman–Crippen LogP) is 5.76. The number of benzene rings is 1. The molecule has 7 rings (SSSR count). The van der Waals surface area contributed by atoms with Crippen LogP contribution in [-0.2, 0) is 5.41 Å². The number of hydrazone groups is 1. The van der Waals surface area contributed by atoms with Crippen molar-refractivity contribution >= 4 is 39.8 Å². The molecule has 3 N–H and O–H groups in total. The van der Waals surface area contributed by atoms with E-state index in [0.717, 1.165) is 28.3 Å². The second-order valence-corrected chi connectivity index (χ2v) is 11.0. The number of aromatic nitrogens is 2. The predicted molar refractivity (Wildman–Crippen MR) is 125 cm³/mol. The highest BCUT2D eigenvalue weighted by Crippen LogP contribution is 2.60. The Balaban J connectivity index is 1.17. The second-order valence-electron chi connectivity index (χ2n) is 9.31. The first-order valence-corrected chi connectivity index (χ1v) is 12.5. The monoisotopic (exact) mass is 435 g/mol. The summed E-state index contributed by atoms with van der Waals surface area (Å²) in [5.74, 6) is 3.37. The summed E-state index contributed by atoms with van der Waals surface area (Å²) in [7, 11) is 0. The van der Waals surface area contributed by atoms with Crippen LogP contribution in [0.15, 0.2) is 40.1 Å². The van der Waals surface area contributed by atoms with Gasteiger partial charge in [-0.3, -0.25) is 5.43 Å². The summed E-state index contributed by atoms with van der Waals surface area (Å²) in [6.45, 7) is 0. The van der Waals surface area contributed by atoms with Crippen molar-refractivity contribution in [1.29, 1.82) is 0 Å². The van der Waals surface area contributed by atoms with Gasteiger partial charge in [0.25, 0.3) is 0 Å². The Morgan fingerprint density at radius 3 is 2.30 bits per heavy atom. The van der Waals surface area contributed by atoms with Crippen LogP contribution in [0.3, 0.4) is 0 Å². The first kappa shape index (κ1) is 18.5. The Kier molecular flexibility index (Phi) is 4.42. The molecule has 2 aromatic heterocycles. The molecule has 4 fully saturated rings. The minimum atomic E-state index is 0.376. The summed E-state index contributed by atoms with van der Waals surface area (Å²) >= 11 is 3.24. The standard InChI is InChI=1S/C23H25N5S2/c24-20-13-30-22(27-20)28-25-11-14-1-3-18(4-2-14)21-26-19(12-29-21)23-8-15-5-16(9-23)7-17(6-15)10-23/h1-4,11-13,15-17H,5-10,24H2,(H,27,28). The number of hydrogen-bond acceptors (Lipinski definition) is 7. The van der Waals surface area contributed by atoms with Crippen LogP contribution in [0.4, 0.5) is 10.9 Å². The molecule has 2 heterocycles. The highest BCUT2D eigenvalue weighted by molar-refractivity contribution is 7.14. The number of hydrogen-bond donors (Lipinski definition) is 2. The van der Waals surface area contributed by atoms with Crippen molar-refractivity contribution in [2.45, 2.75) is 43.9 Å². The van der Waals surface area contributed by atoms with Crippen LogP contribution in [-0.4, -0.2) is 16.2 Å². The Labute approximate surface area is 184 Å². The number of anilines is 2. The van der Waals surface area contributed by atoms with Crippen LogP contribution in [0.25, 0.3) is 10.6 Å². The molecule has 4 aliphatic rings. The molecule has 0 amide bonds. The lowest BCUT2D eigenvalue weighted by Crippen LogP contribution is -2.48. The first-order valence-electron chi connectivity index (χ1n) is 10.7. The van der Waals surface area contributed by atoms with E-state index in [2.05, 4.69) is 45.2 Å². The number of nitrogens with two attached hydrogens (primary N) is 1. The van der Waals surface area contributed by atoms with Crippen molar-refractivity contribution < 1.29 is 0 Å². The van der Waals surface area contributed by atoms with E-state index in [0.29, 0.717) is 16.4 Å². The maximum atomic E-state index is 5.62. The van der Waals surface area contributed by atoms with Gasteiger partial charge in [0.05, 0.1) is 11.9 Å². The molecule has 7 heteroatoms. The van der Waals surface area contributed by atoms with Gasteiger partial charge in [-0.05, 0) is 61.8 Å². The van der Waals surface area contributed by atoms with Crippen molar-refractivity contribution in [2.24, 2.45) is 22.9 Å². The Bertz CT molecular complexity index is 1050. The third kappa shape index (κ3) is 3.34. The van der Waals surface area contributed by atoms with Gasteiger partial charge in [-0.15, -0.1) is 22.7 Å². The lowest BCUT2D eigenvalue weighted by Gasteiger charge is -2.56. The minimum Gasteiger partial charge on any atom is -0.383 e. The maximum Gasteiger partial charge on any atom is 0.205 e. The van der Waals surface area contributed by atoms with Crippen LogP contribution >= 0.6 is 22.7 Å². The van der Waals surface area contributed by atoms with Gasteiger partial charge in [-0.25, -0.2) is 9.97 Å². The van der Waals surface area contributed by atoms with Gasteiger partial charge in [0, 0.05) is 21.7 Å². The molecule has 0 spiro atoms. The highest BCUT2D eigenvalue weighted by atomic mass is 32.1. The summed E-state index contributed by atoms with van der Waals surface area (Å²) in [6.07, 6.45) is 10.3. The van der Waals surface area contributed by atoms with E-state index in [4.69, 9.17) is 10.7 Å². The molecule has 4 saturated carbocycles. The Hall–Kier alpha value is -2.25. The molecule has 1 aromatic carbocycles. The Morgan fingerprint density at radius 1 is 0.967 bits per heavy atom. The first-order chi connectivity index (χ1) is 14.6. The normalized spacial score (nSPS) is 29.7. The average molecular weight is 436 g/mol. The van der Waals surface area contributed by atoms with E-state index in [-0.39, 0.29) is 0 Å². The lowest BCUT2D eigenvalue weighted by molar-refractivity contribution is -0.00689. The zero-order valence-electron chi connectivity index (χ0n) is 16.8. The third-order valence-electron chi connectivity index (χ3n) is 7.14. The number of nitrogens with zero attached hydrogens (tertiary/aromatic N) is 3. The van der Waals surface area contributed by atoms with Gasteiger partial charge < -0.3 is 5.73 Å². The van der Waals surface area contributed by atoms with E-state index in [9.17, 15) is 0 Å². The van der Waals surface area contributed by atoms with Crippen molar-refractivity contribution in [3.05, 3.63) is 46.3 Å². The smallest absolute Gasteiger partial charge is 0.205 e. The zero-order chi connectivity index (χ0) is 20.1. The molecule has 0 unspecified atom stereocenters. The molecule has 4 aliphatic carbocycles. The van der Waals surface area contributed by atoms with Crippen LogP contribution < -0.4 is 11.2 Å². The summed E-state index contributed by atoms with van der Waals surface area (Å²) in [4.78, 5) is 9.29. The molecule has 30 heavy (non-hydrogen) atoms. The number of rotatable bonds is 5. The molecule has 5 nitrogen and oxygen atoms in total. The molecule has 4 bridgehead atoms. The lowest BCUT2D eigenvalue weighted by atomic mass is 9.49. The fourth-order valence-corrected chi connectivity index (χ4v) is 7.78. The van der Waals surface area contributed by atoms with Crippen LogP contribution in [0.2, 0.25) is 0 Å². The van der Waals surface area contributed by atoms with Crippen LogP contribution in [0.1, 0.15) is 49.8 Å². The zero-order valence-corrected chi connectivity index (χ0v) is 18.4. The fraction of sp³-hybridized carbons (Fsp3) is 0.435. The fourth-order valence-electron chi connectivity index (χ4n) is 6.29. The van der Waals surface area contributed by atoms with E-state index < -0.39 is 0 Å². The Morgan fingerprint density at radius 2 is 1.67 bits per heavy atom. The van der Waals surface area contributed by atoms with Gasteiger partial charge in [0.15, 0.2) is 0 Å². The van der Waals surface area contributed by atoms with Crippen molar-refractivity contribution in [2.75, 3.05) is 11.2 Å². The van der Waals surface area contributed by atoms with E-state index in [1.165, 1.54) is 61.1 Å². The largest absolute Gasteiger partial charge is 0.383 e. The van der Waals surface area contributed by atoms with Crippen molar-refractivity contribution in [1.82, 2.24) is 9.97 Å². The summed E-state index contributed by atoms with van der Waals surface area (Å²) in [5, 5.41) is 10.2. The molecule has 0 radical (unpaired) electrons. The number of nitrogen functional groups attached to an aromatic ring is 1. The van der Waals surface area contributed by atoms with Crippen molar-refractivity contribution in [3.63, 3.8) is 0 Å². The molecular weight excluding hydrogens is 410 g/mol. The molecule has 0 saturated heterocycles. The maximum absolute atomic E-state index is 5.62. The average Bonchev–Trinajstić information content (AvgIpc) is 3.37. The highest BCUT2D eigenvalue weighted by Gasteiger charge is 2.52. The van der Waals surface area contributed by atoms with E-state index >= 15 is 0 Å². The molecular formula is C23H25N5S2. The van der Waals surface area contributed by atoms with Crippen molar-refractivity contribution in [3.8, 4) is 10.6 Å².